The molecule has 11 heteroatoms. The van der Waals surface area contributed by atoms with Crippen LogP contribution in [0.15, 0.2) is 30.9 Å². The number of nitrogen functional groups attached to an aromatic ring is 1. The SMILES string of the molecule is CC(C)N(CC1O[C@@H](n2cnc3c(N)ncnc32)[C@H](O)C1O)C1CC(CCc2nc3cc(C4CCC4)ccc3[nH]2)C1. The van der Waals surface area contributed by atoms with Crippen LogP contribution in [-0.2, 0) is 11.2 Å². The van der Waals surface area contributed by atoms with Gasteiger partial charge in [-0.1, -0.05) is 12.5 Å². The number of rotatable bonds is 9. The number of benzene rings is 1. The molecule has 4 aromatic rings. The smallest absolute Gasteiger partial charge is 0.167 e. The Bertz CT molecular complexity index is 1520. The van der Waals surface area contributed by atoms with Crippen LogP contribution in [0.3, 0.4) is 0 Å². The molecule has 7 rings (SSSR count). The summed E-state index contributed by atoms with van der Waals surface area (Å²) in [5.74, 6) is 2.72. The second kappa shape index (κ2) is 10.6. The van der Waals surface area contributed by atoms with E-state index in [1.165, 1.54) is 37.5 Å². The molecule has 2 saturated carbocycles. The van der Waals surface area contributed by atoms with E-state index >= 15 is 0 Å². The summed E-state index contributed by atoms with van der Waals surface area (Å²) < 4.78 is 7.87. The zero-order valence-corrected chi connectivity index (χ0v) is 23.7. The maximum absolute atomic E-state index is 10.9. The van der Waals surface area contributed by atoms with Gasteiger partial charge in [-0.2, -0.15) is 0 Å². The van der Waals surface area contributed by atoms with Crippen molar-refractivity contribution in [1.82, 2.24) is 34.4 Å². The molecule has 4 atom stereocenters. The number of hydrogen-bond acceptors (Lipinski definition) is 9. The summed E-state index contributed by atoms with van der Waals surface area (Å²) in [6.45, 7) is 4.90. The van der Waals surface area contributed by atoms with Crippen LogP contribution in [0.2, 0.25) is 0 Å². The predicted molar refractivity (Wildman–Crippen MR) is 155 cm³/mol. The van der Waals surface area contributed by atoms with Gasteiger partial charge >= 0.3 is 0 Å². The molecule has 218 valence electrons. The Morgan fingerprint density at radius 1 is 1.15 bits per heavy atom. The number of nitrogens with two attached hydrogens (primary N) is 1. The Morgan fingerprint density at radius 3 is 2.73 bits per heavy atom. The van der Waals surface area contributed by atoms with E-state index in [2.05, 4.69) is 56.9 Å². The number of anilines is 1. The third-order valence-electron chi connectivity index (χ3n) is 9.65. The number of ether oxygens (including phenoxy) is 1. The second-order valence-electron chi connectivity index (χ2n) is 12.5. The van der Waals surface area contributed by atoms with E-state index < -0.39 is 24.5 Å². The summed E-state index contributed by atoms with van der Waals surface area (Å²) in [5, 5.41) is 21.8. The molecule has 11 nitrogen and oxygen atoms in total. The highest BCUT2D eigenvalue weighted by atomic mass is 16.6. The van der Waals surface area contributed by atoms with Crippen molar-refractivity contribution >= 4 is 28.0 Å². The molecule has 1 aliphatic heterocycles. The van der Waals surface area contributed by atoms with Crippen molar-refractivity contribution in [3.05, 3.63) is 42.2 Å². The summed E-state index contributed by atoms with van der Waals surface area (Å²) in [6, 6.07) is 7.44. The van der Waals surface area contributed by atoms with Crippen molar-refractivity contribution in [3.8, 4) is 0 Å². The monoisotopic (exact) mass is 560 g/mol. The Morgan fingerprint density at radius 2 is 1.98 bits per heavy atom. The van der Waals surface area contributed by atoms with Gasteiger partial charge in [0.25, 0.3) is 0 Å². The minimum atomic E-state index is -1.11. The van der Waals surface area contributed by atoms with Crippen molar-refractivity contribution in [3.63, 3.8) is 0 Å². The fraction of sp³-hybridized carbons (Fsp3) is 0.600. The molecule has 2 unspecified atom stereocenters. The van der Waals surface area contributed by atoms with E-state index in [4.69, 9.17) is 15.5 Å². The number of fused-ring (bicyclic) bond motifs is 2. The molecule has 0 bridgehead atoms. The lowest BCUT2D eigenvalue weighted by atomic mass is 9.76. The minimum absolute atomic E-state index is 0.266. The predicted octanol–water partition coefficient (Wildman–Crippen LogP) is 3.29. The summed E-state index contributed by atoms with van der Waals surface area (Å²) in [5.41, 5.74) is 10.5. The lowest BCUT2D eigenvalue weighted by Gasteiger charge is -2.46. The number of imidazole rings is 2. The fourth-order valence-electron chi connectivity index (χ4n) is 6.89. The molecule has 1 saturated heterocycles. The zero-order chi connectivity index (χ0) is 28.2. The number of aliphatic hydroxyl groups is 2. The molecule has 5 N–H and O–H groups in total. The van der Waals surface area contributed by atoms with Crippen LogP contribution in [0.25, 0.3) is 22.2 Å². The maximum Gasteiger partial charge on any atom is 0.167 e. The van der Waals surface area contributed by atoms with E-state index in [1.54, 1.807) is 4.57 Å². The van der Waals surface area contributed by atoms with Crippen molar-refractivity contribution in [2.75, 3.05) is 12.3 Å². The van der Waals surface area contributed by atoms with Crippen LogP contribution in [0.1, 0.15) is 75.9 Å². The van der Waals surface area contributed by atoms with Crippen LogP contribution >= 0.6 is 0 Å². The van der Waals surface area contributed by atoms with Crippen LogP contribution < -0.4 is 5.73 Å². The molecule has 4 heterocycles. The van der Waals surface area contributed by atoms with Gasteiger partial charge in [0.2, 0.25) is 0 Å². The average molecular weight is 561 g/mol. The fourth-order valence-corrected chi connectivity index (χ4v) is 6.89. The second-order valence-corrected chi connectivity index (χ2v) is 12.5. The molecule has 2 aliphatic carbocycles. The van der Waals surface area contributed by atoms with Crippen molar-refractivity contribution < 1.29 is 14.9 Å². The van der Waals surface area contributed by atoms with Gasteiger partial charge in [0, 0.05) is 25.0 Å². The van der Waals surface area contributed by atoms with Crippen molar-refractivity contribution in [2.24, 2.45) is 5.92 Å². The lowest BCUT2D eigenvalue weighted by molar-refractivity contribution is -0.0620. The molecular formula is C30H40N8O3. The molecule has 3 fully saturated rings. The first-order valence-electron chi connectivity index (χ1n) is 15.0. The van der Waals surface area contributed by atoms with E-state index in [9.17, 15) is 10.2 Å². The molecule has 3 aliphatic rings. The number of nitrogens with one attached hydrogen (secondary N) is 1. The number of aromatic nitrogens is 6. The average Bonchev–Trinajstić information content (AvgIpc) is 3.58. The molecule has 41 heavy (non-hydrogen) atoms. The standard InChI is InChI=1S/C30H40N8O3/c1-16(2)37(13-23-26(39)27(40)30(41-23)38-15-34-25-28(31)32-14-33-29(25)38)20-10-17(11-20)6-9-24-35-21-8-7-19(12-22(21)36-24)18-4-3-5-18/h7-8,12,14-18,20,23,26-27,30,39-40H,3-6,9-11,13H2,1-2H3,(H,35,36)(H2,31,32,33)/t17?,20?,23?,26?,27-,30-/m1/s1. The Kier molecular flexibility index (Phi) is 6.93. The zero-order valence-electron chi connectivity index (χ0n) is 23.7. The highest BCUT2D eigenvalue weighted by Crippen LogP contribution is 2.39. The number of aliphatic hydroxyl groups excluding tert-OH is 2. The van der Waals surface area contributed by atoms with E-state index in [1.807, 2.05) is 0 Å². The molecule has 0 amide bonds. The molecule has 0 radical (unpaired) electrons. The Hall–Kier alpha value is -3.12. The number of aromatic amines is 1. The number of nitrogens with zero attached hydrogens (tertiary/aromatic N) is 6. The maximum atomic E-state index is 10.9. The first-order chi connectivity index (χ1) is 19.9. The molecule has 1 aromatic carbocycles. The van der Waals surface area contributed by atoms with Gasteiger partial charge in [0.15, 0.2) is 17.7 Å². The number of H-pyrrole nitrogens is 1. The quantitative estimate of drug-likeness (QED) is 0.242. The summed E-state index contributed by atoms with van der Waals surface area (Å²) in [4.78, 5) is 23.4. The summed E-state index contributed by atoms with van der Waals surface area (Å²) in [7, 11) is 0. The third-order valence-corrected chi connectivity index (χ3v) is 9.65. The van der Waals surface area contributed by atoms with Crippen molar-refractivity contribution in [1.29, 1.82) is 0 Å². The van der Waals surface area contributed by atoms with Gasteiger partial charge < -0.3 is 25.7 Å². The lowest BCUT2D eigenvalue weighted by Crippen LogP contribution is -2.52. The van der Waals surface area contributed by atoms with Crippen LogP contribution in [-0.4, -0.2) is 81.5 Å². The molecule has 0 spiro atoms. The van der Waals surface area contributed by atoms with Crippen LogP contribution in [0.4, 0.5) is 5.82 Å². The van der Waals surface area contributed by atoms with Gasteiger partial charge in [-0.3, -0.25) is 9.47 Å². The van der Waals surface area contributed by atoms with Gasteiger partial charge in [-0.25, -0.2) is 19.9 Å². The Balaban J connectivity index is 0.953. The first kappa shape index (κ1) is 26.8. The summed E-state index contributed by atoms with van der Waals surface area (Å²) >= 11 is 0. The van der Waals surface area contributed by atoms with Gasteiger partial charge in [0.1, 0.15) is 36.0 Å². The van der Waals surface area contributed by atoms with E-state index in [0.29, 0.717) is 29.7 Å². The first-order valence-corrected chi connectivity index (χ1v) is 15.0. The van der Waals surface area contributed by atoms with E-state index in [-0.39, 0.29) is 11.9 Å². The topological polar surface area (TPSA) is 151 Å². The number of aryl methyl sites for hydroxylation is 1. The highest BCUT2D eigenvalue weighted by molar-refractivity contribution is 5.81. The van der Waals surface area contributed by atoms with E-state index in [0.717, 1.165) is 48.5 Å². The van der Waals surface area contributed by atoms with Gasteiger partial charge in [-0.05, 0) is 75.5 Å². The largest absolute Gasteiger partial charge is 0.387 e. The summed E-state index contributed by atoms with van der Waals surface area (Å²) in [6.07, 6.45) is 7.68. The minimum Gasteiger partial charge on any atom is -0.387 e. The Labute approximate surface area is 239 Å². The van der Waals surface area contributed by atoms with Gasteiger partial charge in [0.05, 0.1) is 17.4 Å². The van der Waals surface area contributed by atoms with Gasteiger partial charge in [-0.15, -0.1) is 0 Å². The third kappa shape index (κ3) is 4.88. The van der Waals surface area contributed by atoms with Crippen LogP contribution in [0.5, 0.6) is 0 Å². The van der Waals surface area contributed by atoms with Crippen molar-refractivity contribution in [2.45, 2.75) is 101 Å². The van der Waals surface area contributed by atoms with Crippen LogP contribution in [0, 0.1) is 5.92 Å². The molecule has 3 aromatic heterocycles. The highest BCUT2D eigenvalue weighted by Gasteiger charge is 2.46. The molecular weight excluding hydrogens is 520 g/mol. The normalized spacial score (nSPS) is 28.6. The number of hydrogen-bond donors (Lipinski definition) is 4.